The average Bonchev–Trinajstić information content (AvgIpc) is 3.47. The molecule has 0 aliphatic carbocycles. The normalized spacial score (nSPS) is 20.3. The number of anilines is 1. The third kappa shape index (κ3) is 2.78. The molecule has 1 fully saturated rings. The smallest absolute Gasteiger partial charge is 0.291 e. The quantitative estimate of drug-likeness (QED) is 0.629. The molecule has 2 aliphatic rings. The van der Waals surface area contributed by atoms with Crippen molar-refractivity contribution in [3.8, 4) is 0 Å². The van der Waals surface area contributed by atoms with Gasteiger partial charge in [-0.1, -0.05) is 47.5 Å². The van der Waals surface area contributed by atoms with Crippen molar-refractivity contribution in [3.63, 3.8) is 0 Å². The highest BCUT2D eigenvalue weighted by atomic mass is 32.2. The first kappa shape index (κ1) is 19.0. The summed E-state index contributed by atoms with van der Waals surface area (Å²) < 4.78 is 5.37. The van der Waals surface area contributed by atoms with Gasteiger partial charge < -0.3 is 14.2 Å². The monoisotopic (exact) mass is 418 g/mol. The highest BCUT2D eigenvalue weighted by molar-refractivity contribution is 8.01. The van der Waals surface area contributed by atoms with Crippen molar-refractivity contribution in [2.75, 3.05) is 17.2 Å². The summed E-state index contributed by atoms with van der Waals surface area (Å²) in [5.74, 6) is 0.647. The van der Waals surface area contributed by atoms with Crippen molar-refractivity contribution in [1.82, 2.24) is 4.90 Å². The van der Waals surface area contributed by atoms with Gasteiger partial charge in [0.05, 0.1) is 18.5 Å². The van der Waals surface area contributed by atoms with E-state index in [4.69, 9.17) is 4.42 Å². The summed E-state index contributed by atoms with van der Waals surface area (Å²) in [6.45, 7) is 5.03. The lowest BCUT2D eigenvalue weighted by Gasteiger charge is -2.32. The van der Waals surface area contributed by atoms with Gasteiger partial charge in [-0.15, -0.1) is 11.8 Å². The first-order chi connectivity index (χ1) is 14.5. The van der Waals surface area contributed by atoms with Crippen LogP contribution >= 0.6 is 11.8 Å². The van der Waals surface area contributed by atoms with Crippen LogP contribution in [0, 0.1) is 13.8 Å². The van der Waals surface area contributed by atoms with E-state index in [0.717, 1.165) is 22.4 Å². The molecule has 152 valence electrons. The number of hydrogen-bond acceptors (Lipinski definition) is 4. The molecule has 1 aromatic heterocycles. The second kappa shape index (κ2) is 7.06. The topological polar surface area (TPSA) is 53.8 Å². The molecule has 6 heteroatoms. The third-order valence-electron chi connectivity index (χ3n) is 5.79. The summed E-state index contributed by atoms with van der Waals surface area (Å²) in [6.07, 6.45) is 1.49. The van der Waals surface area contributed by atoms with E-state index in [2.05, 4.69) is 24.3 Å². The van der Waals surface area contributed by atoms with Crippen LogP contribution < -0.4 is 4.90 Å². The minimum atomic E-state index is -1.05. The Morgan fingerprint density at radius 2 is 1.87 bits per heavy atom. The van der Waals surface area contributed by atoms with Crippen molar-refractivity contribution in [3.05, 3.63) is 88.9 Å². The van der Waals surface area contributed by atoms with Gasteiger partial charge in [0.25, 0.3) is 11.8 Å². The molecule has 1 saturated heterocycles. The first-order valence-electron chi connectivity index (χ1n) is 9.99. The van der Waals surface area contributed by atoms with Gasteiger partial charge in [0, 0.05) is 17.9 Å². The van der Waals surface area contributed by atoms with E-state index in [1.807, 2.05) is 36.9 Å². The molecule has 0 bridgehead atoms. The molecule has 2 aliphatic heterocycles. The highest BCUT2D eigenvalue weighted by Gasteiger charge is 2.59. The third-order valence-corrected chi connectivity index (χ3v) is 7.21. The summed E-state index contributed by atoms with van der Waals surface area (Å²) in [5, 5.41) is 0. The van der Waals surface area contributed by atoms with E-state index >= 15 is 0 Å². The number of aryl methyl sites for hydroxylation is 2. The minimum Gasteiger partial charge on any atom is -0.459 e. The summed E-state index contributed by atoms with van der Waals surface area (Å²) in [5.41, 5.74) is 5.07. The maximum atomic E-state index is 13.9. The summed E-state index contributed by atoms with van der Waals surface area (Å²) in [6, 6.07) is 17.6. The Hall–Kier alpha value is -2.99. The van der Waals surface area contributed by atoms with Crippen LogP contribution in [0.1, 0.15) is 32.8 Å². The van der Waals surface area contributed by atoms with Gasteiger partial charge in [-0.05, 0) is 37.6 Å². The number of amides is 2. The molecule has 0 saturated carbocycles. The van der Waals surface area contributed by atoms with Crippen LogP contribution in [0.5, 0.6) is 0 Å². The van der Waals surface area contributed by atoms with E-state index < -0.39 is 4.87 Å². The Balaban J connectivity index is 1.60. The first-order valence-corrected chi connectivity index (χ1v) is 11.0. The van der Waals surface area contributed by atoms with Crippen LogP contribution in [0.15, 0.2) is 65.3 Å². The molecule has 1 unspecified atom stereocenters. The molecular formula is C24H22N2O3S. The predicted octanol–water partition coefficient (Wildman–Crippen LogP) is 4.49. The molecule has 2 amide bonds. The van der Waals surface area contributed by atoms with Gasteiger partial charge >= 0.3 is 0 Å². The Morgan fingerprint density at radius 1 is 1.10 bits per heavy atom. The number of furan rings is 1. The standard InChI is InChI=1S/C24H22N2O3S/c1-16-5-8-18(9-6-16)15-25-20-10-7-17(2)14-19(20)24(23(25)28)26(11-13-30-24)22(27)21-4-3-12-29-21/h3-10,12,14H,11,13,15H2,1-2H3. The Labute approximate surface area is 179 Å². The zero-order valence-electron chi connectivity index (χ0n) is 16.9. The number of hydrogen-bond donors (Lipinski definition) is 0. The van der Waals surface area contributed by atoms with Crippen LogP contribution in [-0.2, 0) is 16.2 Å². The number of benzene rings is 2. The summed E-state index contributed by atoms with van der Waals surface area (Å²) >= 11 is 1.53. The second-order valence-electron chi connectivity index (χ2n) is 7.82. The van der Waals surface area contributed by atoms with E-state index in [1.54, 1.807) is 17.0 Å². The number of carbonyl (C=O) groups is 2. The molecule has 0 radical (unpaired) electrons. The zero-order chi connectivity index (χ0) is 20.9. The van der Waals surface area contributed by atoms with Gasteiger partial charge in [-0.3, -0.25) is 9.59 Å². The molecule has 3 aromatic rings. The lowest BCUT2D eigenvalue weighted by molar-refractivity contribution is -0.123. The fourth-order valence-corrected chi connectivity index (χ4v) is 5.75. The van der Waals surface area contributed by atoms with Crippen LogP contribution in [0.2, 0.25) is 0 Å². The molecule has 2 aromatic carbocycles. The van der Waals surface area contributed by atoms with Gasteiger partial charge in [-0.2, -0.15) is 0 Å². The summed E-state index contributed by atoms with van der Waals surface area (Å²) in [7, 11) is 0. The average molecular weight is 419 g/mol. The maximum Gasteiger partial charge on any atom is 0.291 e. The molecule has 1 atom stereocenters. The fraction of sp³-hybridized carbons (Fsp3) is 0.250. The zero-order valence-corrected chi connectivity index (χ0v) is 17.7. The molecule has 3 heterocycles. The van der Waals surface area contributed by atoms with E-state index in [9.17, 15) is 9.59 Å². The number of carbonyl (C=O) groups excluding carboxylic acids is 2. The second-order valence-corrected chi connectivity index (χ2v) is 9.11. The molecule has 5 nitrogen and oxygen atoms in total. The van der Waals surface area contributed by atoms with Crippen molar-refractivity contribution in [2.45, 2.75) is 25.3 Å². The number of rotatable bonds is 3. The predicted molar refractivity (Wildman–Crippen MR) is 117 cm³/mol. The SMILES string of the molecule is Cc1ccc(CN2C(=O)C3(SCCN3C(=O)c3ccco3)c3cc(C)ccc32)cc1. The van der Waals surface area contributed by atoms with E-state index in [1.165, 1.54) is 23.6 Å². The van der Waals surface area contributed by atoms with E-state index in [-0.39, 0.29) is 17.6 Å². The van der Waals surface area contributed by atoms with Crippen molar-refractivity contribution in [1.29, 1.82) is 0 Å². The molecule has 5 rings (SSSR count). The lowest BCUT2D eigenvalue weighted by Crippen LogP contribution is -2.50. The van der Waals surface area contributed by atoms with Crippen molar-refractivity contribution < 1.29 is 14.0 Å². The Bertz CT molecular complexity index is 1120. The van der Waals surface area contributed by atoms with Gasteiger partial charge in [0.1, 0.15) is 0 Å². The Morgan fingerprint density at radius 3 is 2.60 bits per heavy atom. The van der Waals surface area contributed by atoms with Gasteiger partial charge in [0.2, 0.25) is 0 Å². The number of nitrogens with zero attached hydrogens (tertiary/aromatic N) is 2. The molecular weight excluding hydrogens is 396 g/mol. The van der Waals surface area contributed by atoms with Crippen molar-refractivity contribution >= 4 is 29.3 Å². The Kier molecular flexibility index (Phi) is 4.47. The fourth-order valence-electron chi connectivity index (χ4n) is 4.30. The lowest BCUT2D eigenvalue weighted by atomic mass is 10.0. The minimum absolute atomic E-state index is 0.0638. The number of fused-ring (bicyclic) bond motifs is 2. The van der Waals surface area contributed by atoms with Crippen LogP contribution in [0.4, 0.5) is 5.69 Å². The maximum absolute atomic E-state index is 13.9. The molecule has 0 N–H and O–H groups in total. The van der Waals surface area contributed by atoms with Crippen LogP contribution in [-0.4, -0.2) is 29.0 Å². The largest absolute Gasteiger partial charge is 0.459 e. The summed E-state index contributed by atoms with van der Waals surface area (Å²) in [4.78, 5) is 29.7. The number of thioether (sulfide) groups is 1. The van der Waals surface area contributed by atoms with Crippen LogP contribution in [0.3, 0.4) is 0 Å². The van der Waals surface area contributed by atoms with Gasteiger partial charge in [0.15, 0.2) is 10.6 Å². The van der Waals surface area contributed by atoms with E-state index in [0.29, 0.717) is 18.8 Å². The van der Waals surface area contributed by atoms with Gasteiger partial charge in [-0.25, -0.2) is 0 Å². The van der Waals surface area contributed by atoms with Crippen LogP contribution in [0.25, 0.3) is 0 Å². The van der Waals surface area contributed by atoms with Crippen molar-refractivity contribution in [2.24, 2.45) is 0 Å². The highest BCUT2D eigenvalue weighted by Crippen LogP contribution is 2.55. The molecule has 1 spiro atoms. The molecule has 30 heavy (non-hydrogen) atoms.